The van der Waals surface area contributed by atoms with Gasteiger partial charge in [0.25, 0.3) is 0 Å². The van der Waals surface area contributed by atoms with E-state index in [1.54, 1.807) is 0 Å². The number of hydrogen-bond donors (Lipinski definition) is 1. The van der Waals surface area contributed by atoms with Gasteiger partial charge in [0.05, 0.1) is 5.54 Å². The van der Waals surface area contributed by atoms with Gasteiger partial charge in [-0.2, -0.15) is 4.98 Å². The van der Waals surface area contributed by atoms with E-state index in [0.717, 1.165) is 31.5 Å². The van der Waals surface area contributed by atoms with Crippen molar-refractivity contribution in [2.45, 2.75) is 52.0 Å². The molecule has 0 amide bonds. The second-order valence-electron chi connectivity index (χ2n) is 3.93. The number of hydrogen-bond acceptors (Lipinski definition) is 4. The van der Waals surface area contributed by atoms with Gasteiger partial charge in [0, 0.05) is 6.42 Å². The topological polar surface area (TPSA) is 64.9 Å². The fourth-order valence-corrected chi connectivity index (χ4v) is 1.44. The van der Waals surface area contributed by atoms with Crippen molar-refractivity contribution >= 4 is 0 Å². The third-order valence-electron chi connectivity index (χ3n) is 2.20. The zero-order chi connectivity index (χ0) is 10.6. The van der Waals surface area contributed by atoms with Crippen LogP contribution in [0.5, 0.6) is 0 Å². The zero-order valence-corrected chi connectivity index (χ0v) is 9.21. The van der Waals surface area contributed by atoms with Crippen LogP contribution in [-0.2, 0) is 12.0 Å². The number of aryl methyl sites for hydroxylation is 1. The monoisotopic (exact) mass is 197 g/mol. The highest BCUT2D eigenvalue weighted by molar-refractivity contribution is 4.99. The van der Waals surface area contributed by atoms with Crippen LogP contribution in [0.2, 0.25) is 0 Å². The van der Waals surface area contributed by atoms with Crippen LogP contribution < -0.4 is 5.73 Å². The maximum Gasteiger partial charge on any atom is 0.246 e. The smallest absolute Gasteiger partial charge is 0.246 e. The first-order valence-corrected chi connectivity index (χ1v) is 5.22. The third kappa shape index (κ3) is 2.54. The van der Waals surface area contributed by atoms with Crippen molar-refractivity contribution in [3.8, 4) is 0 Å². The summed E-state index contributed by atoms with van der Waals surface area (Å²) in [6.07, 6.45) is 3.75. The molecular formula is C10H19N3O. The van der Waals surface area contributed by atoms with Gasteiger partial charge in [0.2, 0.25) is 5.89 Å². The second-order valence-corrected chi connectivity index (χ2v) is 3.93. The normalized spacial score (nSPS) is 15.4. The molecule has 2 N–H and O–H groups in total. The van der Waals surface area contributed by atoms with Crippen LogP contribution in [0.25, 0.3) is 0 Å². The number of nitrogens with zero attached hydrogens (tertiary/aromatic N) is 2. The van der Waals surface area contributed by atoms with Crippen LogP contribution in [0.15, 0.2) is 4.52 Å². The van der Waals surface area contributed by atoms with E-state index in [2.05, 4.69) is 24.0 Å². The molecule has 0 fully saturated rings. The average molecular weight is 197 g/mol. The third-order valence-corrected chi connectivity index (χ3v) is 2.20. The zero-order valence-electron chi connectivity index (χ0n) is 9.21. The minimum absolute atomic E-state index is 0.478. The lowest BCUT2D eigenvalue weighted by Crippen LogP contribution is -2.33. The molecule has 1 atom stereocenters. The first kappa shape index (κ1) is 11.2. The highest BCUT2D eigenvalue weighted by Gasteiger charge is 2.26. The molecular weight excluding hydrogens is 178 g/mol. The Hall–Kier alpha value is -0.900. The van der Waals surface area contributed by atoms with E-state index in [-0.39, 0.29) is 0 Å². The predicted molar refractivity (Wildman–Crippen MR) is 54.7 cm³/mol. The van der Waals surface area contributed by atoms with E-state index in [0.29, 0.717) is 5.89 Å². The lowest BCUT2D eigenvalue weighted by Gasteiger charge is -2.18. The van der Waals surface area contributed by atoms with E-state index in [4.69, 9.17) is 10.3 Å². The highest BCUT2D eigenvalue weighted by atomic mass is 16.5. The van der Waals surface area contributed by atoms with Crippen molar-refractivity contribution in [3.63, 3.8) is 0 Å². The van der Waals surface area contributed by atoms with Crippen LogP contribution >= 0.6 is 0 Å². The van der Waals surface area contributed by atoms with Crippen LogP contribution in [0.1, 0.15) is 51.7 Å². The Labute approximate surface area is 84.9 Å². The summed E-state index contributed by atoms with van der Waals surface area (Å²) >= 11 is 0. The Morgan fingerprint density at radius 2 is 2.07 bits per heavy atom. The summed E-state index contributed by atoms with van der Waals surface area (Å²) in [4.78, 5) is 4.29. The summed E-state index contributed by atoms with van der Waals surface area (Å²) < 4.78 is 5.15. The van der Waals surface area contributed by atoms with Gasteiger partial charge in [-0.05, 0) is 19.8 Å². The van der Waals surface area contributed by atoms with Gasteiger partial charge in [-0.25, -0.2) is 0 Å². The van der Waals surface area contributed by atoms with Gasteiger partial charge < -0.3 is 10.3 Å². The summed E-state index contributed by atoms with van der Waals surface area (Å²) in [5, 5.41) is 3.89. The van der Waals surface area contributed by atoms with Crippen LogP contribution in [0.4, 0.5) is 0 Å². The van der Waals surface area contributed by atoms with Crippen molar-refractivity contribution in [1.82, 2.24) is 10.1 Å². The summed E-state index contributed by atoms with van der Waals surface area (Å²) in [5.41, 5.74) is 5.58. The second kappa shape index (κ2) is 4.55. The fraction of sp³-hybridized carbons (Fsp3) is 0.800. The SMILES string of the molecule is CCCc1noc(C(C)(N)CCC)n1. The van der Waals surface area contributed by atoms with E-state index >= 15 is 0 Å². The van der Waals surface area contributed by atoms with Crippen molar-refractivity contribution < 1.29 is 4.52 Å². The molecule has 0 aliphatic carbocycles. The first-order valence-electron chi connectivity index (χ1n) is 5.22. The van der Waals surface area contributed by atoms with E-state index in [1.165, 1.54) is 0 Å². The molecule has 4 nitrogen and oxygen atoms in total. The van der Waals surface area contributed by atoms with E-state index < -0.39 is 5.54 Å². The molecule has 1 unspecified atom stereocenters. The first-order chi connectivity index (χ1) is 6.60. The van der Waals surface area contributed by atoms with E-state index in [1.807, 2.05) is 6.92 Å². The van der Waals surface area contributed by atoms with Crippen LogP contribution in [-0.4, -0.2) is 10.1 Å². The van der Waals surface area contributed by atoms with Gasteiger partial charge in [-0.15, -0.1) is 0 Å². The molecule has 0 saturated heterocycles. The Morgan fingerprint density at radius 3 is 2.64 bits per heavy atom. The average Bonchev–Trinajstić information content (AvgIpc) is 2.54. The van der Waals surface area contributed by atoms with Crippen LogP contribution in [0, 0.1) is 0 Å². The minimum atomic E-state index is -0.478. The molecule has 0 aliphatic rings. The predicted octanol–water partition coefficient (Wildman–Crippen LogP) is 2.00. The lowest BCUT2D eigenvalue weighted by molar-refractivity contribution is 0.282. The Balaban J connectivity index is 2.74. The Morgan fingerprint density at radius 1 is 1.36 bits per heavy atom. The summed E-state index contributed by atoms with van der Waals surface area (Å²) in [7, 11) is 0. The van der Waals surface area contributed by atoms with Gasteiger partial charge in [0.15, 0.2) is 5.82 Å². The molecule has 0 radical (unpaired) electrons. The Kier molecular flexibility index (Phi) is 3.63. The maximum absolute atomic E-state index is 6.06. The van der Waals surface area contributed by atoms with Crippen molar-refractivity contribution in [3.05, 3.63) is 11.7 Å². The molecule has 1 aromatic heterocycles. The minimum Gasteiger partial charge on any atom is -0.337 e. The molecule has 0 aromatic carbocycles. The molecule has 14 heavy (non-hydrogen) atoms. The molecule has 0 aliphatic heterocycles. The van der Waals surface area contributed by atoms with Gasteiger partial charge in [-0.3, -0.25) is 0 Å². The standard InChI is InChI=1S/C10H19N3O/c1-4-6-8-12-9(14-13-8)10(3,11)7-5-2/h4-7,11H2,1-3H3. The van der Waals surface area contributed by atoms with Gasteiger partial charge in [-0.1, -0.05) is 25.4 Å². The summed E-state index contributed by atoms with van der Waals surface area (Å²) in [6, 6.07) is 0. The molecule has 80 valence electrons. The highest BCUT2D eigenvalue weighted by Crippen LogP contribution is 2.21. The van der Waals surface area contributed by atoms with E-state index in [9.17, 15) is 0 Å². The van der Waals surface area contributed by atoms with Crippen molar-refractivity contribution in [2.75, 3.05) is 0 Å². The summed E-state index contributed by atoms with van der Waals surface area (Å²) in [5.74, 6) is 1.32. The van der Waals surface area contributed by atoms with Crippen molar-refractivity contribution in [2.24, 2.45) is 5.73 Å². The van der Waals surface area contributed by atoms with Gasteiger partial charge in [0.1, 0.15) is 0 Å². The number of nitrogens with two attached hydrogens (primary N) is 1. The molecule has 0 saturated carbocycles. The lowest BCUT2D eigenvalue weighted by atomic mass is 9.98. The quantitative estimate of drug-likeness (QED) is 0.784. The molecule has 0 bridgehead atoms. The number of aromatic nitrogens is 2. The number of rotatable bonds is 5. The largest absolute Gasteiger partial charge is 0.337 e. The molecule has 0 spiro atoms. The summed E-state index contributed by atoms with van der Waals surface area (Å²) in [6.45, 7) is 6.11. The maximum atomic E-state index is 6.06. The Bertz CT molecular complexity index is 281. The molecule has 1 heterocycles. The van der Waals surface area contributed by atoms with Gasteiger partial charge >= 0.3 is 0 Å². The molecule has 1 aromatic rings. The van der Waals surface area contributed by atoms with Crippen LogP contribution in [0.3, 0.4) is 0 Å². The van der Waals surface area contributed by atoms with Crippen molar-refractivity contribution in [1.29, 1.82) is 0 Å². The fourth-order valence-electron chi connectivity index (χ4n) is 1.44. The molecule has 4 heteroatoms. The molecule has 1 rings (SSSR count).